The van der Waals surface area contributed by atoms with Crippen LogP contribution in [0.5, 0.6) is 17.2 Å². The highest BCUT2D eigenvalue weighted by atomic mass is 16.7. The lowest BCUT2D eigenvalue weighted by Crippen LogP contribution is -2.50. The number of para-hydroxylation sites is 1. The second-order valence-electron chi connectivity index (χ2n) is 9.91. The molecule has 0 aromatic heterocycles. The molecule has 0 aliphatic carbocycles. The minimum Gasteiger partial charge on any atom is -0.493 e. The Bertz CT molecular complexity index is 1230. The first-order valence-corrected chi connectivity index (χ1v) is 12.7. The van der Waals surface area contributed by atoms with Gasteiger partial charge in [-0.15, -0.1) is 0 Å². The third-order valence-electron chi connectivity index (χ3n) is 7.07. The number of hydrogen-bond acceptors (Lipinski definition) is 5. The summed E-state index contributed by atoms with van der Waals surface area (Å²) in [6.07, 6.45) is 1.90. The second kappa shape index (κ2) is 10.9. The monoisotopic (exact) mass is 500 g/mol. The van der Waals surface area contributed by atoms with E-state index >= 15 is 0 Å². The van der Waals surface area contributed by atoms with Gasteiger partial charge in [0.25, 0.3) is 5.91 Å². The van der Waals surface area contributed by atoms with Crippen molar-refractivity contribution in [2.75, 3.05) is 33.5 Å². The number of carbonyl (C=O) groups is 2. The summed E-state index contributed by atoms with van der Waals surface area (Å²) in [5.74, 6) is 1.95. The third kappa shape index (κ3) is 5.88. The molecular weight excluding hydrogens is 468 g/mol. The van der Waals surface area contributed by atoms with Gasteiger partial charge in [-0.1, -0.05) is 48.5 Å². The number of nitrogens with zero attached hydrogens (tertiary/aromatic N) is 2. The highest BCUT2D eigenvalue weighted by Crippen LogP contribution is 2.37. The van der Waals surface area contributed by atoms with Crippen molar-refractivity contribution in [3.8, 4) is 17.2 Å². The number of piperidine rings is 1. The average Bonchev–Trinajstić information content (AvgIpc) is 3.41. The molecule has 1 fully saturated rings. The fourth-order valence-electron chi connectivity index (χ4n) is 5.06. The largest absolute Gasteiger partial charge is 0.493 e. The molecular formula is C30H32N2O5. The van der Waals surface area contributed by atoms with E-state index in [1.165, 1.54) is 0 Å². The predicted molar refractivity (Wildman–Crippen MR) is 140 cm³/mol. The first kappa shape index (κ1) is 24.7. The number of benzene rings is 3. The van der Waals surface area contributed by atoms with Gasteiger partial charge >= 0.3 is 0 Å². The topological polar surface area (TPSA) is 68.3 Å². The second-order valence-corrected chi connectivity index (χ2v) is 9.91. The zero-order valence-electron chi connectivity index (χ0n) is 21.1. The highest BCUT2D eigenvalue weighted by Gasteiger charge is 2.41. The Morgan fingerprint density at radius 2 is 1.70 bits per heavy atom. The van der Waals surface area contributed by atoms with Crippen molar-refractivity contribution in [3.63, 3.8) is 0 Å². The summed E-state index contributed by atoms with van der Waals surface area (Å²) in [6, 6.07) is 24.9. The smallest absolute Gasteiger partial charge is 0.254 e. The van der Waals surface area contributed by atoms with Crippen LogP contribution in [-0.2, 0) is 11.3 Å². The minimum absolute atomic E-state index is 0.0397. The van der Waals surface area contributed by atoms with Gasteiger partial charge in [-0.05, 0) is 48.7 Å². The number of hydrogen-bond donors (Lipinski definition) is 0. The first-order valence-electron chi connectivity index (χ1n) is 12.7. The molecule has 0 saturated carbocycles. The SMILES string of the molecule is CN(Cc1ccccc1)C(=O)CC1(COc2ccccc2)CCCN(C(=O)c2ccc3c(c2)OCO3)C1. The summed E-state index contributed by atoms with van der Waals surface area (Å²) in [4.78, 5) is 30.6. The fraction of sp³-hybridized carbons (Fsp3) is 0.333. The Morgan fingerprint density at radius 1 is 0.973 bits per heavy atom. The van der Waals surface area contributed by atoms with Gasteiger partial charge in [0.05, 0.1) is 6.61 Å². The molecule has 2 aliphatic rings. The molecule has 37 heavy (non-hydrogen) atoms. The molecule has 2 aliphatic heterocycles. The minimum atomic E-state index is -0.498. The molecule has 0 bridgehead atoms. The van der Waals surface area contributed by atoms with Crippen LogP contribution >= 0.6 is 0 Å². The van der Waals surface area contributed by atoms with Crippen LogP contribution in [0.25, 0.3) is 0 Å². The summed E-state index contributed by atoms with van der Waals surface area (Å²) in [5.41, 5.74) is 1.13. The Hall–Kier alpha value is -4.00. The molecule has 7 heteroatoms. The van der Waals surface area contributed by atoms with Crippen molar-refractivity contribution in [2.24, 2.45) is 5.41 Å². The molecule has 0 radical (unpaired) electrons. The Labute approximate surface area is 217 Å². The molecule has 3 aromatic rings. The van der Waals surface area contributed by atoms with Crippen molar-refractivity contribution in [2.45, 2.75) is 25.8 Å². The Balaban J connectivity index is 1.33. The van der Waals surface area contributed by atoms with Crippen LogP contribution in [0.2, 0.25) is 0 Å². The molecule has 7 nitrogen and oxygen atoms in total. The summed E-state index contributed by atoms with van der Waals surface area (Å²) in [5, 5.41) is 0. The zero-order chi connectivity index (χ0) is 25.7. The van der Waals surface area contributed by atoms with Crippen molar-refractivity contribution >= 4 is 11.8 Å². The molecule has 1 unspecified atom stereocenters. The van der Waals surface area contributed by atoms with E-state index in [0.29, 0.717) is 49.7 Å². The summed E-state index contributed by atoms with van der Waals surface area (Å²) in [6.45, 7) is 2.13. The molecule has 2 heterocycles. The van der Waals surface area contributed by atoms with Gasteiger partial charge in [0.2, 0.25) is 12.7 Å². The molecule has 1 saturated heterocycles. The fourth-order valence-corrected chi connectivity index (χ4v) is 5.06. The van der Waals surface area contributed by atoms with E-state index in [4.69, 9.17) is 14.2 Å². The van der Waals surface area contributed by atoms with Gasteiger partial charge in [-0.3, -0.25) is 9.59 Å². The number of rotatable bonds is 8. The van der Waals surface area contributed by atoms with Crippen molar-refractivity contribution < 1.29 is 23.8 Å². The van der Waals surface area contributed by atoms with Gasteiger partial charge in [-0.2, -0.15) is 0 Å². The van der Waals surface area contributed by atoms with Crippen LogP contribution in [0, 0.1) is 5.41 Å². The number of amides is 2. The van der Waals surface area contributed by atoms with Gasteiger partial charge < -0.3 is 24.0 Å². The Morgan fingerprint density at radius 3 is 2.49 bits per heavy atom. The van der Waals surface area contributed by atoms with E-state index in [-0.39, 0.29) is 18.6 Å². The molecule has 3 aromatic carbocycles. The standard InChI is InChI=1S/C30H32N2O5/c1-31(19-23-9-4-2-5-10-23)28(33)18-30(21-35-25-11-6-3-7-12-25)15-8-16-32(20-30)29(34)24-13-14-26-27(17-24)37-22-36-26/h2-7,9-14,17H,8,15-16,18-22H2,1H3. The highest BCUT2D eigenvalue weighted by molar-refractivity contribution is 5.95. The molecule has 192 valence electrons. The molecule has 5 rings (SSSR count). The van der Waals surface area contributed by atoms with Crippen molar-refractivity contribution in [1.29, 1.82) is 0 Å². The van der Waals surface area contributed by atoms with Crippen LogP contribution < -0.4 is 14.2 Å². The maximum atomic E-state index is 13.5. The summed E-state index contributed by atoms with van der Waals surface area (Å²) in [7, 11) is 1.83. The molecule has 1 atom stereocenters. The van der Waals surface area contributed by atoms with E-state index < -0.39 is 5.41 Å². The van der Waals surface area contributed by atoms with Crippen LogP contribution in [0.15, 0.2) is 78.9 Å². The molecule has 0 spiro atoms. The lowest BCUT2D eigenvalue weighted by molar-refractivity contribution is -0.134. The van der Waals surface area contributed by atoms with Crippen molar-refractivity contribution in [1.82, 2.24) is 9.80 Å². The zero-order valence-corrected chi connectivity index (χ0v) is 21.1. The van der Waals surface area contributed by atoms with Gasteiger partial charge in [0.15, 0.2) is 11.5 Å². The van der Waals surface area contributed by atoms with E-state index in [0.717, 1.165) is 24.2 Å². The van der Waals surface area contributed by atoms with Crippen LogP contribution in [0.1, 0.15) is 35.2 Å². The normalized spacial score (nSPS) is 18.4. The van der Waals surface area contributed by atoms with Gasteiger partial charge in [0.1, 0.15) is 5.75 Å². The Kier molecular flexibility index (Phi) is 7.30. The molecule has 0 N–H and O–H groups in total. The van der Waals surface area contributed by atoms with E-state index in [1.807, 2.05) is 72.6 Å². The first-order chi connectivity index (χ1) is 18.0. The van der Waals surface area contributed by atoms with Gasteiger partial charge in [0, 0.05) is 44.1 Å². The lowest BCUT2D eigenvalue weighted by Gasteiger charge is -2.43. The number of carbonyl (C=O) groups excluding carboxylic acids is 2. The van der Waals surface area contributed by atoms with Crippen molar-refractivity contribution in [3.05, 3.63) is 90.0 Å². The summed E-state index contributed by atoms with van der Waals surface area (Å²) < 4.78 is 17.1. The maximum absolute atomic E-state index is 13.5. The van der Waals surface area contributed by atoms with Crippen LogP contribution in [-0.4, -0.2) is 55.2 Å². The molecule has 2 amide bonds. The van der Waals surface area contributed by atoms with Crippen LogP contribution in [0.4, 0.5) is 0 Å². The van der Waals surface area contributed by atoms with Gasteiger partial charge in [-0.25, -0.2) is 0 Å². The number of likely N-dealkylation sites (tertiary alicyclic amines) is 1. The van der Waals surface area contributed by atoms with E-state index in [1.54, 1.807) is 23.1 Å². The number of fused-ring (bicyclic) bond motifs is 1. The predicted octanol–water partition coefficient (Wildman–Crippen LogP) is 4.77. The van der Waals surface area contributed by atoms with Crippen LogP contribution in [0.3, 0.4) is 0 Å². The lowest BCUT2D eigenvalue weighted by atomic mass is 9.77. The summed E-state index contributed by atoms with van der Waals surface area (Å²) >= 11 is 0. The average molecular weight is 501 g/mol. The quantitative estimate of drug-likeness (QED) is 0.446. The number of ether oxygens (including phenoxy) is 3. The maximum Gasteiger partial charge on any atom is 0.254 e. The third-order valence-corrected chi connectivity index (χ3v) is 7.07. The van der Waals surface area contributed by atoms with E-state index in [2.05, 4.69) is 0 Å². The van der Waals surface area contributed by atoms with E-state index in [9.17, 15) is 9.59 Å².